The third-order valence-corrected chi connectivity index (χ3v) is 5.76. The van der Waals surface area contributed by atoms with Gasteiger partial charge in [0.1, 0.15) is 6.04 Å². The topological polar surface area (TPSA) is 106 Å². The molecule has 0 bridgehead atoms. The third-order valence-electron chi connectivity index (χ3n) is 5.00. The first-order chi connectivity index (χ1) is 15.3. The van der Waals surface area contributed by atoms with E-state index in [1.165, 1.54) is 30.4 Å². The highest BCUT2D eigenvalue weighted by atomic mass is 32.1. The molecule has 8 nitrogen and oxygen atoms in total. The van der Waals surface area contributed by atoms with Crippen LogP contribution in [-0.4, -0.2) is 46.2 Å². The zero-order valence-electron chi connectivity index (χ0n) is 17.3. The minimum absolute atomic E-state index is 0.239. The van der Waals surface area contributed by atoms with Crippen LogP contribution in [0.4, 0.5) is 5.13 Å². The second kappa shape index (κ2) is 8.72. The predicted molar refractivity (Wildman–Crippen MR) is 118 cm³/mol. The van der Waals surface area contributed by atoms with Crippen molar-refractivity contribution in [3.8, 4) is 11.3 Å². The Morgan fingerprint density at radius 3 is 2.31 bits per heavy atom. The van der Waals surface area contributed by atoms with Crippen molar-refractivity contribution < 1.29 is 23.9 Å². The Kier molecular flexibility index (Phi) is 5.83. The number of rotatable bonds is 6. The molecule has 3 amide bonds. The molecule has 0 spiro atoms. The number of esters is 1. The third kappa shape index (κ3) is 4.15. The van der Waals surface area contributed by atoms with Gasteiger partial charge < -0.3 is 4.74 Å². The molecule has 4 rings (SSSR count). The van der Waals surface area contributed by atoms with Crippen LogP contribution in [0.2, 0.25) is 0 Å². The Hall–Kier alpha value is -3.85. The van der Waals surface area contributed by atoms with Crippen LogP contribution in [0.1, 0.15) is 33.2 Å². The van der Waals surface area contributed by atoms with Gasteiger partial charge in [0.05, 0.1) is 16.8 Å². The van der Waals surface area contributed by atoms with Crippen molar-refractivity contribution in [3.63, 3.8) is 0 Å². The highest BCUT2D eigenvalue weighted by Gasteiger charge is 2.41. The summed E-state index contributed by atoms with van der Waals surface area (Å²) in [6.45, 7) is 2.81. The number of nitrogens with one attached hydrogen (secondary N) is 1. The lowest BCUT2D eigenvalue weighted by Gasteiger charge is -2.20. The van der Waals surface area contributed by atoms with Gasteiger partial charge in [0.25, 0.3) is 17.7 Å². The van der Waals surface area contributed by atoms with Crippen molar-refractivity contribution in [1.82, 2.24) is 9.88 Å². The number of aromatic nitrogens is 1. The number of nitrogens with zero attached hydrogens (tertiary/aromatic N) is 2. The zero-order chi connectivity index (χ0) is 22.8. The molecule has 0 saturated carbocycles. The lowest BCUT2D eigenvalue weighted by Crippen LogP contribution is -2.44. The first-order valence-electron chi connectivity index (χ1n) is 9.81. The minimum Gasteiger partial charge on any atom is -0.454 e. The molecule has 2 heterocycles. The lowest BCUT2D eigenvalue weighted by molar-refractivity contribution is -0.150. The SMILES string of the molecule is Cc1ccc(-c2csc(NC(=O)COC(=O)C(C)N3C(=O)c4ccccc4C3=O)n2)cc1. The van der Waals surface area contributed by atoms with Gasteiger partial charge in [-0.1, -0.05) is 42.0 Å². The van der Waals surface area contributed by atoms with E-state index in [4.69, 9.17) is 4.74 Å². The van der Waals surface area contributed by atoms with Gasteiger partial charge in [0.15, 0.2) is 11.7 Å². The monoisotopic (exact) mass is 449 g/mol. The van der Waals surface area contributed by atoms with E-state index in [0.29, 0.717) is 5.13 Å². The molecule has 162 valence electrons. The second-order valence-electron chi connectivity index (χ2n) is 7.26. The molecule has 0 aliphatic carbocycles. The van der Waals surface area contributed by atoms with Crippen LogP contribution in [0.5, 0.6) is 0 Å². The normalized spacial score (nSPS) is 13.6. The summed E-state index contributed by atoms with van der Waals surface area (Å²) in [6, 6.07) is 13.0. The van der Waals surface area contributed by atoms with Gasteiger partial charge in [-0.25, -0.2) is 9.78 Å². The van der Waals surface area contributed by atoms with E-state index in [1.807, 2.05) is 36.6 Å². The van der Waals surface area contributed by atoms with Crippen molar-refractivity contribution >= 4 is 40.2 Å². The molecule has 1 aliphatic heterocycles. The van der Waals surface area contributed by atoms with Crippen LogP contribution in [0, 0.1) is 6.92 Å². The number of fused-ring (bicyclic) bond motifs is 1. The van der Waals surface area contributed by atoms with Crippen molar-refractivity contribution in [2.75, 3.05) is 11.9 Å². The molecule has 1 N–H and O–H groups in total. The number of thiazole rings is 1. The van der Waals surface area contributed by atoms with Crippen LogP contribution >= 0.6 is 11.3 Å². The van der Waals surface area contributed by atoms with Crippen LogP contribution in [0.25, 0.3) is 11.3 Å². The number of hydrogen-bond donors (Lipinski definition) is 1. The fourth-order valence-corrected chi connectivity index (χ4v) is 4.00. The Morgan fingerprint density at radius 1 is 1.06 bits per heavy atom. The average Bonchev–Trinajstić information content (AvgIpc) is 3.35. The average molecular weight is 449 g/mol. The van der Waals surface area contributed by atoms with Crippen LogP contribution in [0.15, 0.2) is 53.9 Å². The highest BCUT2D eigenvalue weighted by Crippen LogP contribution is 2.26. The maximum absolute atomic E-state index is 12.5. The van der Waals surface area contributed by atoms with Crippen molar-refractivity contribution in [1.29, 1.82) is 0 Å². The van der Waals surface area contributed by atoms with Crippen molar-refractivity contribution in [2.24, 2.45) is 0 Å². The van der Waals surface area contributed by atoms with E-state index >= 15 is 0 Å². The standard InChI is InChI=1S/C23H19N3O5S/c1-13-7-9-15(10-8-13)18-12-32-23(24-18)25-19(27)11-31-22(30)14(2)26-20(28)16-5-3-4-6-17(16)21(26)29/h3-10,12,14H,11H2,1-2H3,(H,24,25,27). The number of imide groups is 1. The first-order valence-corrected chi connectivity index (χ1v) is 10.7. The van der Waals surface area contributed by atoms with E-state index in [-0.39, 0.29) is 11.1 Å². The molecule has 32 heavy (non-hydrogen) atoms. The molecule has 3 aromatic rings. The van der Waals surface area contributed by atoms with E-state index in [9.17, 15) is 19.2 Å². The molecule has 9 heteroatoms. The van der Waals surface area contributed by atoms with Crippen molar-refractivity contribution in [2.45, 2.75) is 19.9 Å². The van der Waals surface area contributed by atoms with Gasteiger partial charge in [-0.15, -0.1) is 11.3 Å². The summed E-state index contributed by atoms with van der Waals surface area (Å²) in [4.78, 5) is 54.7. The fraction of sp³-hybridized carbons (Fsp3) is 0.174. The Morgan fingerprint density at radius 2 is 1.69 bits per heavy atom. The fourth-order valence-electron chi connectivity index (χ4n) is 3.27. The number of benzene rings is 2. The number of ether oxygens (including phenoxy) is 1. The molecule has 0 fully saturated rings. The Balaban J connectivity index is 1.33. The summed E-state index contributed by atoms with van der Waals surface area (Å²) in [5.74, 6) is -2.55. The number of aryl methyl sites for hydroxylation is 1. The summed E-state index contributed by atoms with van der Waals surface area (Å²) in [6.07, 6.45) is 0. The number of anilines is 1. The van der Waals surface area contributed by atoms with Gasteiger partial charge in [-0.2, -0.15) is 0 Å². The summed E-state index contributed by atoms with van der Waals surface area (Å²) in [7, 11) is 0. The van der Waals surface area contributed by atoms with Crippen LogP contribution in [-0.2, 0) is 14.3 Å². The lowest BCUT2D eigenvalue weighted by atomic mass is 10.1. The Labute approximate surface area is 187 Å². The first kappa shape index (κ1) is 21.4. The molecule has 0 saturated heterocycles. The second-order valence-corrected chi connectivity index (χ2v) is 8.12. The molecular formula is C23H19N3O5S. The van der Waals surface area contributed by atoms with Gasteiger partial charge >= 0.3 is 5.97 Å². The summed E-state index contributed by atoms with van der Waals surface area (Å²) >= 11 is 1.25. The summed E-state index contributed by atoms with van der Waals surface area (Å²) in [5.41, 5.74) is 3.26. The molecular weight excluding hydrogens is 430 g/mol. The number of carbonyl (C=O) groups excluding carboxylic acids is 4. The van der Waals surface area contributed by atoms with Gasteiger partial charge in [-0.05, 0) is 26.0 Å². The van der Waals surface area contributed by atoms with Gasteiger partial charge in [0, 0.05) is 10.9 Å². The van der Waals surface area contributed by atoms with E-state index in [1.54, 1.807) is 12.1 Å². The molecule has 1 aromatic heterocycles. The van der Waals surface area contributed by atoms with E-state index in [2.05, 4.69) is 10.3 Å². The quantitative estimate of drug-likeness (QED) is 0.457. The van der Waals surface area contributed by atoms with E-state index < -0.39 is 36.3 Å². The minimum atomic E-state index is -1.16. The summed E-state index contributed by atoms with van der Waals surface area (Å²) < 4.78 is 5.03. The molecule has 0 radical (unpaired) electrons. The molecule has 1 atom stereocenters. The maximum Gasteiger partial charge on any atom is 0.329 e. The smallest absolute Gasteiger partial charge is 0.329 e. The predicted octanol–water partition coefficient (Wildman–Crippen LogP) is 3.28. The largest absolute Gasteiger partial charge is 0.454 e. The van der Waals surface area contributed by atoms with Crippen molar-refractivity contribution in [3.05, 3.63) is 70.6 Å². The number of carbonyl (C=O) groups is 4. The highest BCUT2D eigenvalue weighted by molar-refractivity contribution is 7.14. The molecule has 2 aromatic carbocycles. The number of hydrogen-bond acceptors (Lipinski definition) is 7. The Bertz CT molecular complexity index is 1180. The van der Waals surface area contributed by atoms with Crippen LogP contribution < -0.4 is 5.32 Å². The summed E-state index contributed by atoms with van der Waals surface area (Å²) in [5, 5.41) is 4.77. The zero-order valence-corrected chi connectivity index (χ0v) is 18.1. The van der Waals surface area contributed by atoms with E-state index in [0.717, 1.165) is 21.7 Å². The van der Waals surface area contributed by atoms with Gasteiger partial charge in [-0.3, -0.25) is 24.6 Å². The number of amides is 3. The maximum atomic E-state index is 12.5. The van der Waals surface area contributed by atoms with Crippen LogP contribution in [0.3, 0.4) is 0 Å². The molecule has 1 aliphatic rings. The molecule has 1 unspecified atom stereocenters. The van der Waals surface area contributed by atoms with Gasteiger partial charge in [0.2, 0.25) is 0 Å².